The van der Waals surface area contributed by atoms with Crippen LogP contribution in [0.15, 0.2) is 60.7 Å². The SMILES string of the molecule is Cc1ccc(C(C)C)c(OC(=O)C(Cc2ccccc2)N2C(=O)C3C4C=CC(C5CC45)C3C2=O)c1. The minimum absolute atomic E-state index is 0.120. The normalized spacial score (nSPS) is 30.9. The van der Waals surface area contributed by atoms with E-state index in [0.29, 0.717) is 17.6 Å². The summed E-state index contributed by atoms with van der Waals surface area (Å²) in [6.07, 6.45) is 5.66. The number of aryl methyl sites for hydroxylation is 1. The Kier molecular flexibility index (Phi) is 5.21. The van der Waals surface area contributed by atoms with Crippen LogP contribution >= 0.6 is 0 Å². The van der Waals surface area contributed by atoms with Crippen molar-refractivity contribution in [3.05, 3.63) is 77.4 Å². The molecule has 180 valence electrons. The van der Waals surface area contributed by atoms with Gasteiger partial charge in [0.15, 0.2) is 0 Å². The van der Waals surface area contributed by atoms with E-state index in [0.717, 1.165) is 23.1 Å². The number of likely N-dealkylation sites (tertiary alicyclic amines) is 1. The van der Waals surface area contributed by atoms with Crippen molar-refractivity contribution in [1.29, 1.82) is 0 Å². The lowest BCUT2D eigenvalue weighted by atomic mass is 9.63. The molecule has 5 nitrogen and oxygen atoms in total. The highest BCUT2D eigenvalue weighted by atomic mass is 16.5. The predicted molar refractivity (Wildman–Crippen MR) is 131 cm³/mol. The molecule has 0 N–H and O–H groups in total. The first-order valence-corrected chi connectivity index (χ1v) is 12.8. The number of amides is 2. The Bertz CT molecular complexity index is 1200. The summed E-state index contributed by atoms with van der Waals surface area (Å²) in [5.41, 5.74) is 2.80. The fourth-order valence-electron chi connectivity index (χ4n) is 6.79. The standard InChI is InChI=1S/C30H31NO4/c1-16(2)19-10-9-17(3)13-25(19)35-30(34)24(14-18-7-5-4-6-8-18)31-28(32)26-20-11-12-21(23-15-22(20)23)27(26)29(31)33/h4-13,16,20-24,26-27H,14-15H2,1-3H3. The van der Waals surface area contributed by atoms with Gasteiger partial charge < -0.3 is 4.74 Å². The van der Waals surface area contributed by atoms with E-state index in [2.05, 4.69) is 26.0 Å². The molecule has 0 aromatic heterocycles. The molecule has 1 heterocycles. The molecule has 7 unspecified atom stereocenters. The van der Waals surface area contributed by atoms with Gasteiger partial charge in [-0.3, -0.25) is 14.5 Å². The summed E-state index contributed by atoms with van der Waals surface area (Å²) < 4.78 is 5.98. The first-order valence-electron chi connectivity index (χ1n) is 12.8. The van der Waals surface area contributed by atoms with E-state index in [9.17, 15) is 14.4 Å². The molecule has 2 aromatic carbocycles. The molecule has 7 atom stereocenters. The molecule has 35 heavy (non-hydrogen) atoms. The van der Waals surface area contributed by atoms with Crippen molar-refractivity contribution >= 4 is 17.8 Å². The van der Waals surface area contributed by atoms with Crippen LogP contribution in [0.25, 0.3) is 0 Å². The molecule has 2 amide bonds. The number of nitrogens with zero attached hydrogens (tertiary/aromatic N) is 1. The molecule has 0 radical (unpaired) electrons. The first kappa shape index (κ1) is 22.3. The van der Waals surface area contributed by atoms with Gasteiger partial charge in [-0.2, -0.15) is 0 Å². The number of ether oxygens (including phenoxy) is 1. The Morgan fingerprint density at radius 3 is 2.20 bits per heavy atom. The van der Waals surface area contributed by atoms with E-state index in [1.165, 1.54) is 4.90 Å². The quantitative estimate of drug-likeness (QED) is 0.267. The number of imide groups is 1. The van der Waals surface area contributed by atoms with Crippen molar-refractivity contribution in [3.63, 3.8) is 0 Å². The lowest BCUT2D eigenvalue weighted by Crippen LogP contribution is -2.48. The van der Waals surface area contributed by atoms with E-state index in [1.54, 1.807) is 0 Å². The minimum atomic E-state index is -0.987. The van der Waals surface area contributed by atoms with Crippen molar-refractivity contribution in [1.82, 2.24) is 4.90 Å². The molecule has 5 aliphatic rings. The van der Waals surface area contributed by atoms with Gasteiger partial charge >= 0.3 is 5.97 Å². The van der Waals surface area contributed by atoms with Crippen LogP contribution in [-0.4, -0.2) is 28.7 Å². The van der Waals surface area contributed by atoms with E-state index >= 15 is 0 Å². The summed E-state index contributed by atoms with van der Waals surface area (Å²) in [6, 6.07) is 14.4. The Balaban J connectivity index is 1.35. The summed E-state index contributed by atoms with van der Waals surface area (Å²) in [6.45, 7) is 6.06. The number of carbonyl (C=O) groups is 3. The predicted octanol–water partition coefficient (Wildman–Crippen LogP) is 4.69. The molecule has 5 heteroatoms. The Hall–Kier alpha value is -3.21. The van der Waals surface area contributed by atoms with Crippen molar-refractivity contribution in [2.45, 2.75) is 45.6 Å². The van der Waals surface area contributed by atoms with Crippen LogP contribution in [0, 0.1) is 42.4 Å². The van der Waals surface area contributed by atoms with Crippen molar-refractivity contribution < 1.29 is 19.1 Å². The van der Waals surface area contributed by atoms with Gasteiger partial charge in [-0.15, -0.1) is 0 Å². The second-order valence-electron chi connectivity index (χ2n) is 11.0. The number of rotatable bonds is 6. The summed E-state index contributed by atoms with van der Waals surface area (Å²) in [7, 11) is 0. The third-order valence-corrected chi connectivity index (χ3v) is 8.55. The largest absolute Gasteiger partial charge is 0.425 e. The van der Waals surface area contributed by atoms with E-state index in [4.69, 9.17) is 4.74 Å². The minimum Gasteiger partial charge on any atom is -0.425 e. The summed E-state index contributed by atoms with van der Waals surface area (Å²) in [5.74, 6) is 0.323. The Labute approximate surface area is 206 Å². The van der Waals surface area contributed by atoms with Crippen LogP contribution in [0.2, 0.25) is 0 Å². The molecule has 4 aliphatic carbocycles. The fraction of sp³-hybridized carbons (Fsp3) is 0.433. The molecular formula is C30H31NO4. The van der Waals surface area contributed by atoms with Crippen molar-refractivity contribution in [3.8, 4) is 5.75 Å². The molecule has 7 rings (SSSR count). The molecular weight excluding hydrogens is 438 g/mol. The highest BCUT2D eigenvalue weighted by Crippen LogP contribution is 2.65. The van der Waals surface area contributed by atoms with Crippen LogP contribution < -0.4 is 4.74 Å². The van der Waals surface area contributed by atoms with Gasteiger partial charge in [-0.25, -0.2) is 4.79 Å². The van der Waals surface area contributed by atoms with Crippen molar-refractivity contribution in [2.24, 2.45) is 35.5 Å². The van der Waals surface area contributed by atoms with Gasteiger partial charge in [0.2, 0.25) is 11.8 Å². The topological polar surface area (TPSA) is 63.7 Å². The van der Waals surface area contributed by atoms with E-state index in [1.807, 2.05) is 55.5 Å². The monoisotopic (exact) mass is 469 g/mol. The molecule has 2 bridgehead atoms. The van der Waals surface area contributed by atoms with Gasteiger partial charge in [0, 0.05) is 6.42 Å². The van der Waals surface area contributed by atoms with Gasteiger partial charge in [0.05, 0.1) is 11.8 Å². The van der Waals surface area contributed by atoms with Crippen LogP contribution in [-0.2, 0) is 20.8 Å². The Morgan fingerprint density at radius 1 is 0.971 bits per heavy atom. The molecule has 2 saturated carbocycles. The number of allylic oxidation sites excluding steroid dienone is 2. The molecule has 1 aliphatic heterocycles. The van der Waals surface area contributed by atoms with Crippen LogP contribution in [0.5, 0.6) is 5.75 Å². The smallest absolute Gasteiger partial charge is 0.335 e. The van der Waals surface area contributed by atoms with Crippen molar-refractivity contribution in [2.75, 3.05) is 0 Å². The zero-order valence-electron chi connectivity index (χ0n) is 20.4. The van der Waals surface area contributed by atoms with Crippen LogP contribution in [0.1, 0.15) is 42.9 Å². The maximum Gasteiger partial charge on any atom is 0.335 e. The highest BCUT2D eigenvalue weighted by Gasteiger charge is 2.68. The third-order valence-electron chi connectivity index (χ3n) is 8.55. The number of hydrogen-bond acceptors (Lipinski definition) is 4. The number of hydrogen-bond donors (Lipinski definition) is 0. The second kappa shape index (κ2) is 8.18. The maximum absolute atomic E-state index is 13.8. The second-order valence-corrected chi connectivity index (χ2v) is 11.0. The summed E-state index contributed by atoms with van der Waals surface area (Å²) in [5, 5.41) is 0. The van der Waals surface area contributed by atoms with E-state index < -0.39 is 12.0 Å². The lowest BCUT2D eigenvalue weighted by Gasteiger charge is -2.37. The Morgan fingerprint density at radius 2 is 1.60 bits per heavy atom. The van der Waals surface area contributed by atoms with Gasteiger partial charge in [-0.05, 0) is 65.7 Å². The van der Waals surface area contributed by atoms with Gasteiger partial charge in [0.1, 0.15) is 11.8 Å². The molecule has 3 fully saturated rings. The van der Waals surface area contributed by atoms with Crippen LogP contribution in [0.4, 0.5) is 0 Å². The number of benzene rings is 2. The molecule has 2 aromatic rings. The molecule has 0 spiro atoms. The average Bonchev–Trinajstić information content (AvgIpc) is 3.62. The molecule has 1 saturated heterocycles. The first-order chi connectivity index (χ1) is 16.8. The third kappa shape index (κ3) is 3.55. The van der Waals surface area contributed by atoms with Gasteiger partial charge in [-0.1, -0.05) is 68.5 Å². The fourth-order valence-corrected chi connectivity index (χ4v) is 6.79. The number of carbonyl (C=O) groups excluding carboxylic acids is 3. The summed E-state index contributed by atoms with van der Waals surface area (Å²) in [4.78, 5) is 42.6. The van der Waals surface area contributed by atoms with E-state index in [-0.39, 0.29) is 47.8 Å². The summed E-state index contributed by atoms with van der Waals surface area (Å²) >= 11 is 0. The van der Waals surface area contributed by atoms with Gasteiger partial charge in [0.25, 0.3) is 0 Å². The lowest BCUT2D eigenvalue weighted by molar-refractivity contribution is -0.153. The zero-order chi connectivity index (χ0) is 24.4. The average molecular weight is 470 g/mol. The highest BCUT2D eigenvalue weighted by molar-refractivity contribution is 6.09. The zero-order valence-corrected chi connectivity index (χ0v) is 20.4. The van der Waals surface area contributed by atoms with Crippen LogP contribution in [0.3, 0.4) is 0 Å². The number of esters is 1. The maximum atomic E-state index is 13.8.